The Balaban J connectivity index is 1.82. The van der Waals surface area contributed by atoms with Crippen molar-refractivity contribution in [1.82, 2.24) is 15.3 Å². The quantitative estimate of drug-likeness (QED) is 0.795. The largest absolute Gasteiger partial charge is 0.370 e. The second kappa shape index (κ2) is 4.77. The number of ether oxygens (including phenoxy) is 1. The molecule has 0 aliphatic carbocycles. The van der Waals surface area contributed by atoms with E-state index in [4.69, 9.17) is 4.74 Å². The molecule has 1 aromatic rings. The van der Waals surface area contributed by atoms with Crippen LogP contribution in [0.4, 0.5) is 0 Å². The molecule has 2 atom stereocenters. The zero-order valence-corrected chi connectivity index (χ0v) is 9.36. The number of aromatic amines is 1. The first-order chi connectivity index (χ1) is 7.25. The van der Waals surface area contributed by atoms with Gasteiger partial charge in [-0.2, -0.15) is 0 Å². The highest BCUT2D eigenvalue weighted by Gasteiger charge is 2.23. The molecule has 0 amide bonds. The molecule has 0 spiro atoms. The zero-order valence-electron chi connectivity index (χ0n) is 9.36. The first-order valence-electron chi connectivity index (χ1n) is 5.61. The number of nitrogens with zero attached hydrogens (tertiary/aromatic N) is 1. The number of rotatable bonds is 3. The van der Waals surface area contributed by atoms with E-state index in [1.165, 1.54) is 6.42 Å². The van der Waals surface area contributed by atoms with E-state index in [-0.39, 0.29) is 6.10 Å². The van der Waals surface area contributed by atoms with Gasteiger partial charge in [0.25, 0.3) is 0 Å². The Morgan fingerprint density at radius 2 is 2.40 bits per heavy atom. The van der Waals surface area contributed by atoms with Crippen molar-refractivity contribution in [3.05, 3.63) is 18.2 Å². The van der Waals surface area contributed by atoms with Crippen LogP contribution in [0.5, 0.6) is 0 Å². The lowest BCUT2D eigenvalue weighted by atomic mass is 10.0. The molecule has 1 fully saturated rings. The third kappa shape index (κ3) is 2.79. The van der Waals surface area contributed by atoms with Crippen molar-refractivity contribution in [2.24, 2.45) is 0 Å². The fraction of sp³-hybridized carbons (Fsp3) is 0.727. The smallest absolute Gasteiger partial charge is 0.0989 e. The lowest BCUT2D eigenvalue weighted by molar-refractivity contribution is -0.00772. The second-order valence-electron chi connectivity index (χ2n) is 4.42. The van der Waals surface area contributed by atoms with Crippen LogP contribution in [0.3, 0.4) is 0 Å². The van der Waals surface area contributed by atoms with Crippen LogP contribution in [-0.4, -0.2) is 28.7 Å². The molecular formula is C11H19N3O. The minimum Gasteiger partial charge on any atom is -0.370 e. The Labute approximate surface area is 90.4 Å². The summed E-state index contributed by atoms with van der Waals surface area (Å²) >= 11 is 0. The van der Waals surface area contributed by atoms with Crippen molar-refractivity contribution >= 4 is 0 Å². The highest BCUT2D eigenvalue weighted by molar-refractivity contribution is 5.01. The average molecular weight is 209 g/mol. The number of nitrogens with one attached hydrogen (secondary N) is 2. The summed E-state index contributed by atoms with van der Waals surface area (Å²) in [6.07, 6.45) is 5.99. The van der Waals surface area contributed by atoms with Crippen LogP contribution in [0.1, 0.15) is 38.5 Å². The van der Waals surface area contributed by atoms with Gasteiger partial charge in [-0.25, -0.2) is 4.98 Å². The van der Waals surface area contributed by atoms with Gasteiger partial charge in [-0.15, -0.1) is 0 Å². The molecule has 2 heterocycles. The van der Waals surface area contributed by atoms with Gasteiger partial charge in [-0.05, 0) is 12.8 Å². The predicted molar refractivity (Wildman–Crippen MR) is 58.6 cm³/mol. The maximum Gasteiger partial charge on any atom is 0.0989 e. The van der Waals surface area contributed by atoms with Crippen molar-refractivity contribution < 1.29 is 4.74 Å². The highest BCUT2D eigenvalue weighted by atomic mass is 16.5. The van der Waals surface area contributed by atoms with Crippen molar-refractivity contribution in [2.45, 2.75) is 44.9 Å². The fourth-order valence-electron chi connectivity index (χ4n) is 2.04. The third-order valence-corrected chi connectivity index (χ3v) is 2.71. The van der Waals surface area contributed by atoms with Gasteiger partial charge in [0.1, 0.15) is 0 Å². The van der Waals surface area contributed by atoms with E-state index in [0.717, 1.165) is 18.7 Å². The fourth-order valence-corrected chi connectivity index (χ4v) is 2.04. The molecule has 0 radical (unpaired) electrons. The van der Waals surface area contributed by atoms with Crippen molar-refractivity contribution in [1.29, 1.82) is 0 Å². The van der Waals surface area contributed by atoms with E-state index < -0.39 is 0 Å². The van der Waals surface area contributed by atoms with Crippen LogP contribution in [0, 0.1) is 0 Å². The van der Waals surface area contributed by atoms with Gasteiger partial charge in [0.15, 0.2) is 0 Å². The van der Waals surface area contributed by atoms with E-state index in [2.05, 4.69) is 29.1 Å². The highest BCUT2D eigenvalue weighted by Crippen LogP contribution is 2.26. The van der Waals surface area contributed by atoms with Gasteiger partial charge in [-0.1, -0.05) is 13.8 Å². The van der Waals surface area contributed by atoms with Crippen LogP contribution in [-0.2, 0) is 4.74 Å². The van der Waals surface area contributed by atoms with E-state index in [0.29, 0.717) is 12.1 Å². The molecule has 0 unspecified atom stereocenters. The van der Waals surface area contributed by atoms with Crippen LogP contribution < -0.4 is 5.32 Å². The van der Waals surface area contributed by atoms with Crippen molar-refractivity contribution in [3.63, 3.8) is 0 Å². The molecule has 2 rings (SSSR count). The Bertz CT molecular complexity index is 276. The number of hydrogen-bond donors (Lipinski definition) is 2. The summed E-state index contributed by atoms with van der Waals surface area (Å²) in [6.45, 7) is 5.13. The SMILES string of the molecule is CC(C)N[C@@H]1CC[C@@H](c2cnc[nH]2)OC1. The Kier molecular flexibility index (Phi) is 3.38. The molecule has 15 heavy (non-hydrogen) atoms. The minimum absolute atomic E-state index is 0.206. The summed E-state index contributed by atoms with van der Waals surface area (Å²) in [5.41, 5.74) is 1.10. The third-order valence-electron chi connectivity index (χ3n) is 2.71. The summed E-state index contributed by atoms with van der Waals surface area (Å²) in [5, 5.41) is 3.50. The Morgan fingerprint density at radius 3 is 2.93 bits per heavy atom. The molecule has 1 aromatic heterocycles. The molecule has 1 aliphatic rings. The van der Waals surface area contributed by atoms with Gasteiger partial charge in [-0.3, -0.25) is 0 Å². The molecule has 4 heteroatoms. The summed E-state index contributed by atoms with van der Waals surface area (Å²) in [7, 11) is 0. The summed E-state index contributed by atoms with van der Waals surface area (Å²) in [5.74, 6) is 0. The molecule has 84 valence electrons. The van der Waals surface area contributed by atoms with Gasteiger partial charge in [0, 0.05) is 12.1 Å². The maximum atomic E-state index is 5.80. The molecular weight excluding hydrogens is 190 g/mol. The van der Waals surface area contributed by atoms with Gasteiger partial charge >= 0.3 is 0 Å². The molecule has 4 nitrogen and oxygen atoms in total. The summed E-state index contributed by atoms with van der Waals surface area (Å²) in [4.78, 5) is 7.12. The maximum absolute atomic E-state index is 5.80. The lowest BCUT2D eigenvalue weighted by Crippen LogP contribution is -2.41. The first-order valence-corrected chi connectivity index (χ1v) is 5.61. The number of hydrogen-bond acceptors (Lipinski definition) is 3. The Hall–Kier alpha value is -0.870. The number of imidazole rings is 1. The van der Waals surface area contributed by atoms with E-state index >= 15 is 0 Å². The number of aromatic nitrogens is 2. The van der Waals surface area contributed by atoms with Crippen LogP contribution >= 0.6 is 0 Å². The molecule has 0 bridgehead atoms. The monoisotopic (exact) mass is 209 g/mol. The van der Waals surface area contributed by atoms with Crippen LogP contribution in [0.25, 0.3) is 0 Å². The number of H-pyrrole nitrogens is 1. The second-order valence-corrected chi connectivity index (χ2v) is 4.42. The molecule has 0 aromatic carbocycles. The van der Waals surface area contributed by atoms with E-state index in [9.17, 15) is 0 Å². The van der Waals surface area contributed by atoms with Crippen molar-refractivity contribution in [3.8, 4) is 0 Å². The van der Waals surface area contributed by atoms with Crippen LogP contribution in [0.2, 0.25) is 0 Å². The molecule has 0 saturated carbocycles. The topological polar surface area (TPSA) is 49.9 Å². The van der Waals surface area contributed by atoms with E-state index in [1.807, 2.05) is 6.20 Å². The van der Waals surface area contributed by atoms with Crippen LogP contribution in [0.15, 0.2) is 12.5 Å². The normalized spacial score (nSPS) is 27.1. The molecule has 1 saturated heterocycles. The summed E-state index contributed by atoms with van der Waals surface area (Å²) < 4.78 is 5.80. The van der Waals surface area contributed by atoms with Gasteiger partial charge in [0.05, 0.1) is 30.9 Å². The predicted octanol–water partition coefficient (Wildman–Crippen LogP) is 1.63. The zero-order chi connectivity index (χ0) is 10.7. The lowest BCUT2D eigenvalue weighted by Gasteiger charge is -2.30. The first kappa shape index (κ1) is 10.6. The Morgan fingerprint density at radius 1 is 1.53 bits per heavy atom. The van der Waals surface area contributed by atoms with Gasteiger partial charge in [0.2, 0.25) is 0 Å². The standard InChI is InChI=1S/C11H19N3O/c1-8(2)14-9-3-4-11(15-6-9)10-5-12-7-13-10/h5,7-9,11,14H,3-4,6H2,1-2H3,(H,12,13)/t9-,11+/m1/s1. The average Bonchev–Trinajstić information content (AvgIpc) is 2.71. The minimum atomic E-state index is 0.206. The van der Waals surface area contributed by atoms with E-state index in [1.54, 1.807) is 6.33 Å². The molecule has 1 aliphatic heterocycles. The molecule has 2 N–H and O–H groups in total. The summed E-state index contributed by atoms with van der Waals surface area (Å²) in [6, 6.07) is 1.03. The van der Waals surface area contributed by atoms with Crippen molar-refractivity contribution in [2.75, 3.05) is 6.61 Å². The van der Waals surface area contributed by atoms with Gasteiger partial charge < -0.3 is 15.0 Å².